The molecule has 0 bridgehead atoms. The average molecular weight is 561 g/mol. The summed E-state index contributed by atoms with van der Waals surface area (Å²) in [5, 5.41) is 70.1. The van der Waals surface area contributed by atoms with Crippen LogP contribution in [0.25, 0.3) is 5.69 Å². The SMILES string of the molecule is Cc1c(C#N)c(NCC(C)O)nc(NCC(C)O)c1N=Nc1c(C#N)c(C(C)(C)C)nn1-c1ccc([N+](=O)[O-])cc1. The van der Waals surface area contributed by atoms with Gasteiger partial charge in [-0.25, -0.2) is 9.67 Å². The van der Waals surface area contributed by atoms with Gasteiger partial charge in [0.25, 0.3) is 5.69 Å². The Balaban J connectivity index is 2.25. The molecule has 41 heavy (non-hydrogen) atoms. The standard InChI is InChI=1S/C27H32N10O4/c1-15(38)13-30-24-20(11-28)17(3)22(25(32-24)31-14-16(2)39)33-34-26-21(12-29)23(27(4,5)6)35-36(26)18-7-9-19(10-8-18)37(40)41/h7-10,15-16,38-39H,13-14H2,1-6H3,(H2,30,31,32). The van der Waals surface area contributed by atoms with Gasteiger partial charge in [-0.05, 0) is 32.9 Å². The molecule has 2 unspecified atom stereocenters. The van der Waals surface area contributed by atoms with E-state index >= 15 is 0 Å². The number of rotatable bonds is 10. The average Bonchev–Trinajstić information content (AvgIpc) is 3.29. The first-order valence-corrected chi connectivity index (χ1v) is 12.8. The third-order valence-corrected chi connectivity index (χ3v) is 5.89. The highest BCUT2D eigenvalue weighted by Crippen LogP contribution is 2.38. The highest BCUT2D eigenvalue weighted by atomic mass is 16.6. The van der Waals surface area contributed by atoms with E-state index in [0.717, 1.165) is 0 Å². The first-order chi connectivity index (χ1) is 19.3. The molecule has 3 aromatic rings. The molecule has 4 N–H and O–H groups in total. The quantitative estimate of drug-likeness (QED) is 0.154. The van der Waals surface area contributed by atoms with E-state index in [0.29, 0.717) is 16.9 Å². The monoisotopic (exact) mass is 560 g/mol. The molecule has 2 aromatic heterocycles. The van der Waals surface area contributed by atoms with Crippen molar-refractivity contribution in [1.29, 1.82) is 10.5 Å². The number of aliphatic hydroxyl groups is 2. The maximum absolute atomic E-state index is 11.2. The molecule has 14 nitrogen and oxygen atoms in total. The van der Waals surface area contributed by atoms with Gasteiger partial charge in [-0.2, -0.15) is 15.6 Å². The van der Waals surface area contributed by atoms with Gasteiger partial charge < -0.3 is 20.8 Å². The molecule has 0 fully saturated rings. The molecule has 2 atom stereocenters. The number of benzene rings is 1. The van der Waals surface area contributed by atoms with Gasteiger partial charge in [-0.15, -0.1) is 10.2 Å². The fourth-order valence-electron chi connectivity index (χ4n) is 3.82. The summed E-state index contributed by atoms with van der Waals surface area (Å²) < 4.78 is 1.39. The van der Waals surface area contributed by atoms with Gasteiger partial charge in [0.2, 0.25) is 0 Å². The van der Waals surface area contributed by atoms with Gasteiger partial charge in [-0.3, -0.25) is 10.1 Å². The van der Waals surface area contributed by atoms with Gasteiger partial charge in [-0.1, -0.05) is 20.8 Å². The van der Waals surface area contributed by atoms with Crippen LogP contribution in [0.2, 0.25) is 0 Å². The van der Waals surface area contributed by atoms with E-state index in [9.17, 15) is 30.9 Å². The van der Waals surface area contributed by atoms with E-state index in [1.54, 1.807) is 20.8 Å². The Kier molecular flexibility index (Phi) is 9.34. The molecule has 0 aliphatic rings. The molecule has 0 aliphatic heterocycles. The van der Waals surface area contributed by atoms with Crippen molar-refractivity contribution in [3.05, 3.63) is 56.8 Å². The van der Waals surface area contributed by atoms with Crippen LogP contribution in [-0.4, -0.2) is 55.2 Å². The number of hydrogen-bond donors (Lipinski definition) is 4. The van der Waals surface area contributed by atoms with Gasteiger partial charge >= 0.3 is 0 Å². The number of nitriles is 2. The number of aliphatic hydroxyl groups excluding tert-OH is 2. The Labute approximate surface area is 237 Å². The number of nitro benzene ring substituents is 1. The predicted octanol–water partition coefficient (Wildman–Crippen LogP) is 4.53. The van der Waals surface area contributed by atoms with Crippen LogP contribution in [0.4, 0.5) is 28.8 Å². The minimum atomic E-state index is -0.727. The second-order valence-corrected chi connectivity index (χ2v) is 10.5. The Morgan fingerprint density at radius 1 is 1.02 bits per heavy atom. The molecule has 0 radical (unpaired) electrons. The molecule has 0 amide bonds. The number of nitrogens with one attached hydrogen (secondary N) is 2. The molecular formula is C27H32N10O4. The zero-order valence-corrected chi connectivity index (χ0v) is 23.7. The number of pyridine rings is 1. The number of hydrogen-bond acceptors (Lipinski definition) is 12. The highest BCUT2D eigenvalue weighted by Gasteiger charge is 2.28. The third-order valence-electron chi connectivity index (χ3n) is 5.89. The number of nitro groups is 1. The summed E-state index contributed by atoms with van der Waals surface area (Å²) in [5.41, 5.74) is 1.18. The molecule has 0 saturated heterocycles. The summed E-state index contributed by atoms with van der Waals surface area (Å²) in [4.78, 5) is 15.1. The fraction of sp³-hybridized carbons (Fsp3) is 0.407. The lowest BCUT2D eigenvalue weighted by Gasteiger charge is -2.16. The number of aromatic nitrogens is 3. The minimum Gasteiger partial charge on any atom is -0.392 e. The molecule has 3 rings (SSSR count). The van der Waals surface area contributed by atoms with Crippen molar-refractivity contribution in [2.24, 2.45) is 10.2 Å². The van der Waals surface area contributed by atoms with E-state index < -0.39 is 22.5 Å². The largest absolute Gasteiger partial charge is 0.392 e. The van der Waals surface area contributed by atoms with Crippen LogP contribution in [0, 0.1) is 39.7 Å². The maximum atomic E-state index is 11.2. The summed E-state index contributed by atoms with van der Waals surface area (Å²) in [7, 11) is 0. The van der Waals surface area contributed by atoms with Gasteiger partial charge in [0.15, 0.2) is 11.6 Å². The van der Waals surface area contributed by atoms with E-state index in [1.807, 2.05) is 20.8 Å². The summed E-state index contributed by atoms with van der Waals surface area (Å²) in [6.07, 6.45) is -1.42. The Morgan fingerprint density at radius 3 is 2.07 bits per heavy atom. The molecule has 0 aliphatic carbocycles. The van der Waals surface area contributed by atoms with Crippen LogP contribution >= 0.6 is 0 Å². The summed E-state index contributed by atoms with van der Waals surface area (Å²) in [6, 6.07) is 9.91. The van der Waals surface area contributed by atoms with Crippen molar-refractivity contribution in [2.45, 2.75) is 59.2 Å². The number of nitrogens with zero attached hydrogens (tertiary/aromatic N) is 8. The molecule has 214 valence electrons. The highest BCUT2D eigenvalue weighted by molar-refractivity contribution is 5.74. The Hall–Kier alpha value is -4.92. The molecule has 14 heteroatoms. The van der Waals surface area contributed by atoms with Crippen LogP contribution in [0.3, 0.4) is 0 Å². The molecule has 2 heterocycles. The van der Waals surface area contributed by atoms with Crippen LogP contribution in [-0.2, 0) is 5.41 Å². The maximum Gasteiger partial charge on any atom is 0.269 e. The summed E-state index contributed by atoms with van der Waals surface area (Å²) in [5.74, 6) is 0.527. The Bertz CT molecular complexity index is 1540. The zero-order valence-electron chi connectivity index (χ0n) is 23.7. The number of anilines is 2. The predicted molar refractivity (Wildman–Crippen MR) is 152 cm³/mol. The van der Waals surface area contributed by atoms with E-state index in [-0.39, 0.29) is 53.0 Å². The van der Waals surface area contributed by atoms with Crippen molar-refractivity contribution in [3.8, 4) is 17.8 Å². The van der Waals surface area contributed by atoms with Crippen molar-refractivity contribution in [2.75, 3.05) is 23.7 Å². The Morgan fingerprint density at radius 2 is 1.59 bits per heavy atom. The summed E-state index contributed by atoms with van der Waals surface area (Å²) >= 11 is 0. The molecule has 0 spiro atoms. The van der Waals surface area contributed by atoms with Crippen molar-refractivity contribution >= 4 is 28.8 Å². The van der Waals surface area contributed by atoms with Crippen LogP contribution in [0.1, 0.15) is 57.0 Å². The van der Waals surface area contributed by atoms with E-state index in [1.165, 1.54) is 28.9 Å². The lowest BCUT2D eigenvalue weighted by molar-refractivity contribution is -0.384. The van der Waals surface area contributed by atoms with Crippen LogP contribution in [0.5, 0.6) is 0 Å². The number of azo groups is 1. The van der Waals surface area contributed by atoms with Crippen molar-refractivity contribution in [1.82, 2.24) is 14.8 Å². The lowest BCUT2D eigenvalue weighted by atomic mass is 9.90. The van der Waals surface area contributed by atoms with Crippen molar-refractivity contribution < 1.29 is 15.1 Å². The van der Waals surface area contributed by atoms with E-state index in [2.05, 4.69) is 43.1 Å². The van der Waals surface area contributed by atoms with Gasteiger partial charge in [0.05, 0.1) is 34.1 Å². The second-order valence-electron chi connectivity index (χ2n) is 10.5. The lowest BCUT2D eigenvalue weighted by Crippen LogP contribution is -2.19. The summed E-state index contributed by atoms with van der Waals surface area (Å²) in [6.45, 7) is 10.8. The van der Waals surface area contributed by atoms with Crippen LogP contribution < -0.4 is 10.6 Å². The number of non-ortho nitro benzene ring substituents is 1. The molecule has 0 saturated carbocycles. The first kappa shape index (κ1) is 30.6. The first-order valence-electron chi connectivity index (χ1n) is 12.8. The molecular weight excluding hydrogens is 528 g/mol. The topological polar surface area (TPSA) is 211 Å². The second kappa shape index (κ2) is 12.5. The fourth-order valence-corrected chi connectivity index (χ4v) is 3.82. The smallest absolute Gasteiger partial charge is 0.269 e. The van der Waals surface area contributed by atoms with E-state index in [4.69, 9.17) is 0 Å². The zero-order chi connectivity index (χ0) is 30.5. The molecule has 1 aromatic carbocycles. The van der Waals surface area contributed by atoms with Crippen LogP contribution in [0.15, 0.2) is 34.5 Å². The van der Waals surface area contributed by atoms with Gasteiger partial charge in [0.1, 0.15) is 29.2 Å². The minimum absolute atomic E-state index is 0.0852. The third kappa shape index (κ3) is 7.00. The van der Waals surface area contributed by atoms with Crippen molar-refractivity contribution in [3.63, 3.8) is 0 Å². The van der Waals surface area contributed by atoms with Gasteiger partial charge in [0, 0.05) is 36.2 Å². The normalized spacial score (nSPS) is 12.9.